The molecular formula is C17H14FN3. The predicted octanol–water partition coefficient (Wildman–Crippen LogP) is 3.20. The standard InChI is InChI=1S/C17H14FN3/c18-14-5-1-6-15-13(14)11-20-17(12-4-2-8-19-10-12)16-7-3-9-21(15)16/h1-10,17,20H,11H2. The fourth-order valence-corrected chi connectivity index (χ4v) is 2.94. The van der Waals surface area contributed by atoms with Crippen LogP contribution in [0.5, 0.6) is 0 Å². The fourth-order valence-electron chi connectivity index (χ4n) is 2.94. The Hall–Kier alpha value is -2.46. The first-order valence-electron chi connectivity index (χ1n) is 6.93. The lowest BCUT2D eigenvalue weighted by Crippen LogP contribution is -2.21. The lowest BCUT2D eigenvalue weighted by Gasteiger charge is -2.17. The van der Waals surface area contributed by atoms with Crippen molar-refractivity contribution in [3.05, 3.63) is 83.7 Å². The van der Waals surface area contributed by atoms with Gasteiger partial charge in [0.25, 0.3) is 0 Å². The number of halogens is 1. The molecule has 2 aromatic heterocycles. The summed E-state index contributed by atoms with van der Waals surface area (Å²) < 4.78 is 16.2. The highest BCUT2D eigenvalue weighted by atomic mass is 19.1. The van der Waals surface area contributed by atoms with Crippen LogP contribution in [0.15, 0.2) is 61.1 Å². The van der Waals surface area contributed by atoms with E-state index >= 15 is 0 Å². The minimum absolute atomic E-state index is 0.000463. The Labute approximate surface area is 122 Å². The zero-order valence-electron chi connectivity index (χ0n) is 11.3. The number of rotatable bonds is 1. The second kappa shape index (κ2) is 4.82. The van der Waals surface area contributed by atoms with Gasteiger partial charge in [0.15, 0.2) is 0 Å². The Morgan fingerprint density at radius 1 is 1.14 bits per heavy atom. The maximum absolute atomic E-state index is 14.1. The summed E-state index contributed by atoms with van der Waals surface area (Å²) in [5.74, 6) is -0.175. The van der Waals surface area contributed by atoms with Gasteiger partial charge in [-0.3, -0.25) is 4.98 Å². The summed E-state index contributed by atoms with van der Waals surface area (Å²) in [6.07, 6.45) is 5.58. The van der Waals surface area contributed by atoms with E-state index in [1.165, 1.54) is 6.07 Å². The normalized spacial score (nSPS) is 16.9. The summed E-state index contributed by atoms with van der Waals surface area (Å²) in [5, 5.41) is 3.44. The van der Waals surface area contributed by atoms with Gasteiger partial charge >= 0.3 is 0 Å². The zero-order valence-corrected chi connectivity index (χ0v) is 11.3. The predicted molar refractivity (Wildman–Crippen MR) is 78.6 cm³/mol. The first kappa shape index (κ1) is 12.3. The van der Waals surface area contributed by atoms with Gasteiger partial charge in [-0.25, -0.2) is 4.39 Å². The van der Waals surface area contributed by atoms with Crippen molar-refractivity contribution in [1.82, 2.24) is 14.9 Å². The van der Waals surface area contributed by atoms with Crippen LogP contribution in [0, 0.1) is 5.82 Å². The summed E-state index contributed by atoms with van der Waals surface area (Å²) >= 11 is 0. The molecule has 0 radical (unpaired) electrons. The molecule has 4 heteroatoms. The molecule has 0 spiro atoms. The molecule has 1 aliphatic rings. The highest BCUT2D eigenvalue weighted by Gasteiger charge is 2.24. The van der Waals surface area contributed by atoms with E-state index in [0.29, 0.717) is 12.1 Å². The molecule has 0 bridgehead atoms. The Balaban J connectivity index is 1.90. The van der Waals surface area contributed by atoms with E-state index in [2.05, 4.69) is 20.9 Å². The van der Waals surface area contributed by atoms with Crippen LogP contribution in [0.2, 0.25) is 0 Å². The van der Waals surface area contributed by atoms with Crippen LogP contribution in [-0.2, 0) is 6.54 Å². The van der Waals surface area contributed by atoms with Crippen molar-refractivity contribution < 1.29 is 4.39 Å². The van der Waals surface area contributed by atoms with Crippen LogP contribution < -0.4 is 5.32 Å². The SMILES string of the molecule is Fc1cccc2c1CNC(c1cccnc1)c1cccn1-2. The van der Waals surface area contributed by atoms with Gasteiger partial charge in [-0.2, -0.15) is 0 Å². The molecule has 1 unspecified atom stereocenters. The number of nitrogens with one attached hydrogen (secondary N) is 1. The Bertz CT molecular complexity index is 780. The number of nitrogens with zero attached hydrogens (tertiary/aromatic N) is 2. The first-order valence-corrected chi connectivity index (χ1v) is 6.93. The van der Waals surface area contributed by atoms with E-state index in [4.69, 9.17) is 0 Å². The van der Waals surface area contributed by atoms with Gasteiger partial charge in [-0.1, -0.05) is 12.1 Å². The molecule has 1 aliphatic heterocycles. The summed E-state index contributed by atoms with van der Waals surface area (Å²) in [6, 6.07) is 13.2. The van der Waals surface area contributed by atoms with E-state index < -0.39 is 0 Å². The van der Waals surface area contributed by atoms with E-state index in [0.717, 1.165) is 16.9 Å². The highest BCUT2D eigenvalue weighted by Crippen LogP contribution is 2.30. The van der Waals surface area contributed by atoms with E-state index in [9.17, 15) is 4.39 Å². The van der Waals surface area contributed by atoms with Crippen LogP contribution in [-0.4, -0.2) is 9.55 Å². The minimum Gasteiger partial charge on any atom is -0.319 e. The fraction of sp³-hybridized carbons (Fsp3) is 0.118. The van der Waals surface area contributed by atoms with Crippen molar-refractivity contribution in [3.8, 4) is 5.69 Å². The molecule has 21 heavy (non-hydrogen) atoms. The van der Waals surface area contributed by atoms with Gasteiger partial charge < -0.3 is 9.88 Å². The molecule has 0 fully saturated rings. The monoisotopic (exact) mass is 279 g/mol. The van der Waals surface area contributed by atoms with Crippen LogP contribution in [0.4, 0.5) is 4.39 Å². The Kier molecular flexibility index (Phi) is 2.82. The molecule has 104 valence electrons. The second-order valence-electron chi connectivity index (χ2n) is 5.14. The molecule has 0 aliphatic carbocycles. The Morgan fingerprint density at radius 3 is 2.95 bits per heavy atom. The summed E-state index contributed by atoms with van der Waals surface area (Å²) in [5.41, 5.74) is 3.76. The van der Waals surface area contributed by atoms with Crippen molar-refractivity contribution in [1.29, 1.82) is 0 Å². The molecule has 1 N–H and O–H groups in total. The quantitative estimate of drug-likeness (QED) is 0.741. The molecular weight excluding hydrogens is 265 g/mol. The molecule has 0 saturated heterocycles. The van der Waals surface area contributed by atoms with Crippen LogP contribution in [0.1, 0.15) is 22.9 Å². The van der Waals surface area contributed by atoms with E-state index in [1.807, 2.05) is 36.7 Å². The molecule has 3 aromatic rings. The second-order valence-corrected chi connectivity index (χ2v) is 5.14. The molecule has 3 nitrogen and oxygen atoms in total. The van der Waals surface area contributed by atoms with Crippen molar-refractivity contribution >= 4 is 0 Å². The zero-order chi connectivity index (χ0) is 14.2. The summed E-state index contributed by atoms with van der Waals surface area (Å²) in [4.78, 5) is 4.19. The van der Waals surface area contributed by atoms with Crippen molar-refractivity contribution in [2.45, 2.75) is 12.6 Å². The number of aromatic nitrogens is 2. The molecule has 0 saturated carbocycles. The third kappa shape index (κ3) is 1.96. The topological polar surface area (TPSA) is 29.9 Å². The molecule has 1 aromatic carbocycles. The maximum atomic E-state index is 14.1. The average molecular weight is 279 g/mol. The lowest BCUT2D eigenvalue weighted by atomic mass is 10.1. The smallest absolute Gasteiger partial charge is 0.129 e. The summed E-state index contributed by atoms with van der Waals surface area (Å²) in [7, 11) is 0. The van der Waals surface area contributed by atoms with Gasteiger partial charge in [-0.15, -0.1) is 0 Å². The number of hydrogen-bond acceptors (Lipinski definition) is 2. The number of benzene rings is 1. The molecule has 4 rings (SSSR count). The number of fused-ring (bicyclic) bond motifs is 3. The maximum Gasteiger partial charge on any atom is 0.129 e. The van der Waals surface area contributed by atoms with Gasteiger partial charge in [0.2, 0.25) is 0 Å². The van der Waals surface area contributed by atoms with Gasteiger partial charge in [0, 0.05) is 36.4 Å². The average Bonchev–Trinajstić information content (AvgIpc) is 2.93. The van der Waals surface area contributed by atoms with E-state index in [1.54, 1.807) is 12.3 Å². The highest BCUT2D eigenvalue weighted by molar-refractivity contribution is 5.47. The molecule has 1 atom stereocenters. The Morgan fingerprint density at radius 2 is 2.10 bits per heavy atom. The van der Waals surface area contributed by atoms with Crippen LogP contribution in [0.25, 0.3) is 5.69 Å². The first-order chi connectivity index (χ1) is 10.3. The van der Waals surface area contributed by atoms with Crippen LogP contribution in [0.3, 0.4) is 0 Å². The third-order valence-electron chi connectivity index (χ3n) is 3.93. The molecule has 3 heterocycles. The van der Waals surface area contributed by atoms with Gasteiger partial charge in [0.05, 0.1) is 11.7 Å². The largest absolute Gasteiger partial charge is 0.319 e. The third-order valence-corrected chi connectivity index (χ3v) is 3.93. The summed E-state index contributed by atoms with van der Waals surface area (Å²) in [6.45, 7) is 0.489. The van der Waals surface area contributed by atoms with Crippen molar-refractivity contribution in [2.75, 3.05) is 0 Å². The van der Waals surface area contributed by atoms with Crippen molar-refractivity contribution in [3.63, 3.8) is 0 Å². The van der Waals surface area contributed by atoms with E-state index in [-0.39, 0.29) is 11.9 Å². The van der Waals surface area contributed by atoms with Gasteiger partial charge in [0.1, 0.15) is 5.82 Å². The lowest BCUT2D eigenvalue weighted by molar-refractivity contribution is 0.565. The van der Waals surface area contributed by atoms with Crippen LogP contribution >= 0.6 is 0 Å². The minimum atomic E-state index is -0.175. The number of hydrogen-bond donors (Lipinski definition) is 1. The van der Waals surface area contributed by atoms with Crippen molar-refractivity contribution in [2.24, 2.45) is 0 Å². The molecule has 0 amide bonds. The van der Waals surface area contributed by atoms with Gasteiger partial charge in [-0.05, 0) is 35.9 Å². The number of pyridine rings is 1.